The van der Waals surface area contributed by atoms with E-state index in [1.54, 1.807) is 0 Å². The second kappa shape index (κ2) is 14.6. The van der Waals surface area contributed by atoms with Crippen molar-refractivity contribution in [2.75, 3.05) is 6.61 Å². The number of hydrogen-bond donors (Lipinski definition) is 0. The highest BCUT2D eigenvalue weighted by atomic mass is 16.5. The third-order valence-corrected chi connectivity index (χ3v) is 6.08. The minimum absolute atomic E-state index is 0. The Bertz CT molecular complexity index is 1310. The van der Waals surface area contributed by atoms with Crippen molar-refractivity contribution in [2.24, 2.45) is 0 Å². The summed E-state index contributed by atoms with van der Waals surface area (Å²) in [5, 5.41) is 0. The van der Waals surface area contributed by atoms with Crippen LogP contribution >= 0.6 is 0 Å². The third kappa shape index (κ3) is 6.83. The summed E-state index contributed by atoms with van der Waals surface area (Å²) in [6.45, 7) is 0.430. The summed E-state index contributed by atoms with van der Waals surface area (Å²) in [5.74, 6) is 1.52. The van der Waals surface area contributed by atoms with E-state index in [1.807, 2.05) is 109 Å². The van der Waals surface area contributed by atoms with Crippen LogP contribution in [0.5, 0.6) is 11.5 Å². The summed E-state index contributed by atoms with van der Waals surface area (Å²) in [6.07, 6.45) is 0.264. The molecular weight excluding hydrogens is 470 g/mol. The lowest BCUT2D eigenvalue weighted by Crippen LogP contribution is -2.25. The molecule has 0 saturated carbocycles. The first-order chi connectivity index (χ1) is 16.7. The molecule has 0 saturated heterocycles. The zero-order chi connectivity index (χ0) is 23.3. The van der Waals surface area contributed by atoms with Gasteiger partial charge < -0.3 is 9.47 Å². The van der Waals surface area contributed by atoms with Crippen LogP contribution in [0.25, 0.3) is 0 Å². The Morgan fingerprint density at radius 3 is 1.71 bits per heavy atom. The lowest BCUT2D eigenvalue weighted by atomic mass is 9.89. The number of para-hydroxylation sites is 2. The molecule has 0 amide bonds. The second-order valence-electron chi connectivity index (χ2n) is 8.28. The van der Waals surface area contributed by atoms with E-state index in [0.29, 0.717) is 35.7 Å². The SMILES string of the molecule is C.C.O=C1CC(c2ccccc2)Oc2ccccc21.O=C1c2ccccc2OCC1c1ccccc1.[B].[B]. The first-order valence-electron chi connectivity index (χ1n) is 11.4. The predicted molar refractivity (Wildman–Crippen MR) is 156 cm³/mol. The van der Waals surface area contributed by atoms with Crippen molar-refractivity contribution in [3.05, 3.63) is 131 Å². The molecule has 2 heterocycles. The van der Waals surface area contributed by atoms with Crippen molar-refractivity contribution < 1.29 is 19.1 Å². The molecule has 2 aliphatic rings. The van der Waals surface area contributed by atoms with Crippen LogP contribution in [0.2, 0.25) is 0 Å². The van der Waals surface area contributed by atoms with E-state index in [1.165, 1.54) is 0 Å². The van der Waals surface area contributed by atoms with Gasteiger partial charge in [-0.05, 0) is 35.4 Å². The molecule has 6 radical (unpaired) electrons. The molecule has 2 aliphatic heterocycles. The molecule has 4 aromatic rings. The first kappa shape index (κ1) is 32.0. The predicted octanol–water partition coefficient (Wildman–Crippen LogP) is 6.95. The van der Waals surface area contributed by atoms with Crippen molar-refractivity contribution in [2.45, 2.75) is 33.3 Å². The van der Waals surface area contributed by atoms with Crippen molar-refractivity contribution in [1.29, 1.82) is 0 Å². The van der Waals surface area contributed by atoms with Crippen LogP contribution in [0.4, 0.5) is 0 Å². The lowest BCUT2D eigenvalue weighted by molar-refractivity contribution is 0.0848. The molecule has 38 heavy (non-hydrogen) atoms. The average molecular weight is 502 g/mol. The number of fused-ring (bicyclic) bond motifs is 2. The Labute approximate surface area is 230 Å². The Kier molecular flexibility index (Phi) is 12.3. The molecule has 190 valence electrons. The van der Waals surface area contributed by atoms with Crippen LogP contribution in [-0.4, -0.2) is 35.0 Å². The summed E-state index contributed by atoms with van der Waals surface area (Å²) in [5.41, 5.74) is 3.45. The van der Waals surface area contributed by atoms with Gasteiger partial charge in [0, 0.05) is 16.8 Å². The van der Waals surface area contributed by atoms with E-state index in [0.717, 1.165) is 11.1 Å². The van der Waals surface area contributed by atoms with E-state index in [9.17, 15) is 9.59 Å². The molecular formula is C32H32B2O4. The molecule has 6 heteroatoms. The van der Waals surface area contributed by atoms with E-state index >= 15 is 0 Å². The fourth-order valence-corrected chi connectivity index (χ4v) is 4.29. The van der Waals surface area contributed by atoms with Gasteiger partial charge in [0.15, 0.2) is 11.6 Å². The van der Waals surface area contributed by atoms with Crippen molar-refractivity contribution in [1.82, 2.24) is 0 Å². The van der Waals surface area contributed by atoms with Crippen LogP contribution in [0.1, 0.15) is 65.1 Å². The Morgan fingerprint density at radius 1 is 0.579 bits per heavy atom. The van der Waals surface area contributed by atoms with Crippen LogP contribution in [0.3, 0.4) is 0 Å². The first-order valence-corrected chi connectivity index (χ1v) is 11.4. The largest absolute Gasteiger partial charge is 0.492 e. The number of Topliss-reactive ketones (excluding diaryl/α,β-unsaturated/α-hetero) is 2. The van der Waals surface area contributed by atoms with Crippen LogP contribution in [0, 0.1) is 0 Å². The van der Waals surface area contributed by atoms with E-state index in [-0.39, 0.29) is 55.3 Å². The Hall–Kier alpha value is -4.05. The lowest BCUT2D eigenvalue weighted by Gasteiger charge is -2.25. The van der Waals surface area contributed by atoms with Gasteiger partial charge in [0.1, 0.15) is 24.2 Å². The standard InChI is InChI=1S/2C15H12O2.2CH4.2B/c16-13-10-15(11-6-2-1-3-7-11)17-14-9-5-4-8-12(13)14;16-15-12-8-4-5-9-14(12)17-10-13(15)11-6-2-1-3-7-11;;;;/h1-9,15H,10H2;1-9,13H,10H2;2*1H4;;. The molecule has 2 unspecified atom stereocenters. The number of carbonyl (C=O) groups is 2. The van der Waals surface area contributed by atoms with Gasteiger partial charge in [0.2, 0.25) is 0 Å². The number of ether oxygens (including phenoxy) is 2. The maximum Gasteiger partial charge on any atom is 0.177 e. The van der Waals surface area contributed by atoms with E-state index in [4.69, 9.17) is 9.47 Å². The molecule has 0 aliphatic carbocycles. The second-order valence-corrected chi connectivity index (χ2v) is 8.28. The fraction of sp³-hybridized carbons (Fsp3) is 0.188. The smallest absolute Gasteiger partial charge is 0.177 e. The minimum atomic E-state index is -0.175. The zero-order valence-corrected chi connectivity index (χ0v) is 19.7. The van der Waals surface area contributed by atoms with Gasteiger partial charge >= 0.3 is 0 Å². The Morgan fingerprint density at radius 2 is 1.08 bits per heavy atom. The summed E-state index contributed by atoms with van der Waals surface area (Å²) >= 11 is 0. The molecule has 2 atom stereocenters. The normalized spacial score (nSPS) is 16.4. The molecule has 0 bridgehead atoms. The minimum Gasteiger partial charge on any atom is -0.492 e. The molecule has 4 nitrogen and oxygen atoms in total. The highest BCUT2D eigenvalue weighted by molar-refractivity contribution is 6.04. The van der Waals surface area contributed by atoms with Crippen LogP contribution < -0.4 is 9.47 Å². The number of carbonyl (C=O) groups excluding carboxylic acids is 2. The average Bonchev–Trinajstić information content (AvgIpc) is 2.90. The van der Waals surface area contributed by atoms with Gasteiger partial charge in [-0.25, -0.2) is 0 Å². The van der Waals surface area contributed by atoms with Crippen molar-refractivity contribution in [3.8, 4) is 11.5 Å². The van der Waals surface area contributed by atoms with Gasteiger partial charge in [-0.1, -0.05) is 99.8 Å². The van der Waals surface area contributed by atoms with Gasteiger partial charge in [-0.3, -0.25) is 9.59 Å². The monoisotopic (exact) mass is 502 g/mol. The number of rotatable bonds is 2. The van der Waals surface area contributed by atoms with Crippen molar-refractivity contribution >= 4 is 28.4 Å². The van der Waals surface area contributed by atoms with Gasteiger partial charge in [0.25, 0.3) is 0 Å². The van der Waals surface area contributed by atoms with Gasteiger partial charge in [-0.2, -0.15) is 0 Å². The summed E-state index contributed by atoms with van der Waals surface area (Å²) in [4.78, 5) is 24.3. The van der Waals surface area contributed by atoms with Crippen molar-refractivity contribution in [3.63, 3.8) is 0 Å². The fourth-order valence-electron chi connectivity index (χ4n) is 4.29. The van der Waals surface area contributed by atoms with Gasteiger partial charge in [0.05, 0.1) is 23.5 Å². The Balaban J connectivity index is 0.000000344. The highest BCUT2D eigenvalue weighted by Crippen LogP contribution is 2.34. The zero-order valence-electron chi connectivity index (χ0n) is 19.7. The summed E-state index contributed by atoms with van der Waals surface area (Å²) in [6, 6.07) is 34.5. The number of hydrogen-bond acceptors (Lipinski definition) is 4. The topological polar surface area (TPSA) is 52.6 Å². The maximum absolute atomic E-state index is 12.3. The van der Waals surface area contributed by atoms with E-state index < -0.39 is 0 Å². The summed E-state index contributed by atoms with van der Waals surface area (Å²) in [7, 11) is 0. The van der Waals surface area contributed by atoms with Gasteiger partial charge in [-0.15, -0.1) is 0 Å². The summed E-state index contributed by atoms with van der Waals surface area (Å²) < 4.78 is 11.5. The number of ketones is 2. The molecule has 4 aromatic carbocycles. The maximum atomic E-state index is 12.3. The molecule has 0 spiro atoms. The molecule has 6 rings (SSSR count). The molecule has 0 aromatic heterocycles. The van der Waals surface area contributed by atoms with Crippen LogP contribution in [0.15, 0.2) is 109 Å². The third-order valence-electron chi connectivity index (χ3n) is 6.08. The highest BCUT2D eigenvalue weighted by Gasteiger charge is 2.29. The molecule has 0 fully saturated rings. The quantitative estimate of drug-likeness (QED) is 0.279. The van der Waals surface area contributed by atoms with E-state index in [2.05, 4.69) is 0 Å². The number of benzene rings is 4. The molecule has 0 N–H and O–H groups in total. The van der Waals surface area contributed by atoms with Crippen LogP contribution in [-0.2, 0) is 0 Å².